The van der Waals surface area contributed by atoms with Crippen molar-refractivity contribution in [3.8, 4) is 0 Å². The summed E-state index contributed by atoms with van der Waals surface area (Å²) in [7, 11) is 0. The molecular formula is C18H18O5. The van der Waals surface area contributed by atoms with E-state index in [9.17, 15) is 19.8 Å². The molecule has 1 aliphatic heterocycles. The third-order valence-electron chi connectivity index (χ3n) is 5.21. The van der Waals surface area contributed by atoms with Gasteiger partial charge in [0.05, 0.1) is 24.4 Å². The van der Waals surface area contributed by atoms with Gasteiger partial charge in [-0.15, -0.1) is 0 Å². The Kier molecular flexibility index (Phi) is 3.02. The minimum absolute atomic E-state index is 0.215. The molecule has 0 fully saturated rings. The Morgan fingerprint density at radius 2 is 2.09 bits per heavy atom. The smallest absolute Gasteiger partial charge is 0.234 e. The van der Waals surface area contributed by atoms with Crippen LogP contribution in [0.2, 0.25) is 0 Å². The number of ether oxygens (including phenoxy) is 1. The molecule has 5 nitrogen and oxygen atoms in total. The molecule has 2 atom stereocenters. The molecule has 2 aliphatic carbocycles. The molecule has 4 rings (SSSR count). The Bertz CT molecular complexity index is 772. The Balaban J connectivity index is 1.98. The molecule has 2 N–H and O–H groups in total. The monoisotopic (exact) mass is 314 g/mol. The largest absolute Gasteiger partial charge is 0.492 e. The number of carbonyl (C=O) groups is 2. The van der Waals surface area contributed by atoms with Crippen LogP contribution in [-0.2, 0) is 21.6 Å². The second-order valence-electron chi connectivity index (χ2n) is 6.73. The van der Waals surface area contributed by atoms with Crippen LogP contribution in [0.5, 0.6) is 0 Å². The minimum Gasteiger partial charge on any atom is -0.492 e. The molecule has 0 amide bonds. The number of aliphatic hydroxyl groups excluding tert-OH is 1. The van der Waals surface area contributed by atoms with Crippen molar-refractivity contribution in [3.05, 3.63) is 40.0 Å². The second-order valence-corrected chi connectivity index (χ2v) is 6.73. The highest BCUT2D eigenvalue weighted by molar-refractivity contribution is 6.52. The molecule has 0 aromatic heterocycles. The van der Waals surface area contributed by atoms with Crippen molar-refractivity contribution in [3.63, 3.8) is 0 Å². The predicted octanol–water partition coefficient (Wildman–Crippen LogP) is 1.35. The van der Waals surface area contributed by atoms with Gasteiger partial charge >= 0.3 is 0 Å². The highest BCUT2D eigenvalue weighted by Crippen LogP contribution is 2.44. The van der Waals surface area contributed by atoms with Crippen molar-refractivity contribution in [2.24, 2.45) is 5.92 Å². The van der Waals surface area contributed by atoms with Crippen molar-refractivity contribution in [1.29, 1.82) is 0 Å². The summed E-state index contributed by atoms with van der Waals surface area (Å²) in [6, 6.07) is 3.59. The molecule has 0 bridgehead atoms. The first kappa shape index (κ1) is 14.6. The molecule has 0 radical (unpaired) electrons. The molecule has 1 unspecified atom stereocenters. The van der Waals surface area contributed by atoms with Crippen LogP contribution in [0.4, 0.5) is 0 Å². The van der Waals surface area contributed by atoms with Crippen molar-refractivity contribution in [2.75, 3.05) is 13.2 Å². The van der Waals surface area contributed by atoms with Gasteiger partial charge in [-0.2, -0.15) is 0 Å². The Morgan fingerprint density at radius 1 is 1.30 bits per heavy atom. The van der Waals surface area contributed by atoms with Gasteiger partial charge < -0.3 is 14.9 Å². The number of ketones is 2. The average molecular weight is 314 g/mol. The molecule has 1 heterocycles. The Morgan fingerprint density at radius 3 is 2.83 bits per heavy atom. The number of benzene rings is 1. The first-order valence-electron chi connectivity index (χ1n) is 7.91. The predicted molar refractivity (Wildman–Crippen MR) is 81.7 cm³/mol. The van der Waals surface area contributed by atoms with E-state index < -0.39 is 23.1 Å². The molecule has 120 valence electrons. The van der Waals surface area contributed by atoms with Crippen molar-refractivity contribution in [1.82, 2.24) is 0 Å². The molecular weight excluding hydrogens is 296 g/mol. The summed E-state index contributed by atoms with van der Waals surface area (Å²) in [5.74, 6) is -1.13. The molecule has 5 heteroatoms. The average Bonchev–Trinajstić information content (AvgIpc) is 2.95. The van der Waals surface area contributed by atoms with Crippen molar-refractivity contribution >= 4 is 17.3 Å². The van der Waals surface area contributed by atoms with Crippen LogP contribution in [0.1, 0.15) is 46.8 Å². The van der Waals surface area contributed by atoms with Gasteiger partial charge in [-0.05, 0) is 37.3 Å². The second kappa shape index (κ2) is 4.76. The maximum Gasteiger partial charge on any atom is 0.234 e. The third kappa shape index (κ3) is 1.87. The number of carbonyl (C=O) groups excluding carboxylic acids is 2. The lowest BCUT2D eigenvalue weighted by Crippen LogP contribution is -2.32. The summed E-state index contributed by atoms with van der Waals surface area (Å²) < 4.78 is 5.63. The van der Waals surface area contributed by atoms with Crippen LogP contribution in [0.25, 0.3) is 5.76 Å². The fourth-order valence-corrected chi connectivity index (χ4v) is 4.03. The van der Waals surface area contributed by atoms with E-state index in [0.717, 1.165) is 17.5 Å². The molecule has 0 saturated heterocycles. The first-order valence-corrected chi connectivity index (χ1v) is 7.91. The molecule has 23 heavy (non-hydrogen) atoms. The topological polar surface area (TPSA) is 83.8 Å². The van der Waals surface area contributed by atoms with E-state index in [-0.39, 0.29) is 13.2 Å². The minimum atomic E-state index is -0.981. The summed E-state index contributed by atoms with van der Waals surface area (Å²) >= 11 is 0. The summed E-state index contributed by atoms with van der Waals surface area (Å²) in [5.41, 5.74) is 1.81. The molecule has 0 spiro atoms. The zero-order chi connectivity index (χ0) is 16.4. The van der Waals surface area contributed by atoms with E-state index in [2.05, 4.69) is 0 Å². The van der Waals surface area contributed by atoms with E-state index in [0.29, 0.717) is 35.3 Å². The maximum atomic E-state index is 12.7. The van der Waals surface area contributed by atoms with E-state index in [1.54, 1.807) is 13.0 Å². The Hall–Kier alpha value is -1.98. The molecule has 1 aromatic rings. The van der Waals surface area contributed by atoms with Crippen LogP contribution in [0, 0.1) is 5.92 Å². The maximum absolute atomic E-state index is 12.7. The van der Waals surface area contributed by atoms with Crippen LogP contribution in [0.3, 0.4) is 0 Å². The lowest BCUT2D eigenvalue weighted by Gasteiger charge is -2.33. The van der Waals surface area contributed by atoms with Crippen LogP contribution in [-0.4, -0.2) is 35.0 Å². The van der Waals surface area contributed by atoms with E-state index >= 15 is 0 Å². The van der Waals surface area contributed by atoms with Gasteiger partial charge in [0.2, 0.25) is 11.6 Å². The highest BCUT2D eigenvalue weighted by Gasteiger charge is 2.44. The number of hydrogen-bond acceptors (Lipinski definition) is 5. The highest BCUT2D eigenvalue weighted by atomic mass is 16.5. The van der Waals surface area contributed by atoms with Gasteiger partial charge in [-0.3, -0.25) is 9.59 Å². The van der Waals surface area contributed by atoms with Crippen molar-refractivity contribution < 1.29 is 24.5 Å². The molecule has 3 aliphatic rings. The fraction of sp³-hybridized carbons (Fsp3) is 0.444. The summed E-state index contributed by atoms with van der Waals surface area (Å²) in [4.78, 5) is 25.2. The lowest BCUT2D eigenvalue weighted by molar-refractivity contribution is -0.112. The molecule has 1 aromatic carbocycles. The van der Waals surface area contributed by atoms with E-state index in [1.165, 1.54) is 0 Å². The normalized spacial score (nSPS) is 29.1. The zero-order valence-electron chi connectivity index (χ0n) is 12.9. The van der Waals surface area contributed by atoms with Gasteiger partial charge in [0.25, 0.3) is 0 Å². The fourth-order valence-electron chi connectivity index (χ4n) is 4.03. The summed E-state index contributed by atoms with van der Waals surface area (Å²) in [6.45, 7) is 1.74. The van der Waals surface area contributed by atoms with E-state index in [1.807, 2.05) is 6.07 Å². The van der Waals surface area contributed by atoms with Gasteiger partial charge in [0.1, 0.15) is 5.76 Å². The van der Waals surface area contributed by atoms with Gasteiger partial charge in [0, 0.05) is 17.0 Å². The number of hydrogen-bond donors (Lipinski definition) is 2. The number of Topliss-reactive ketones (excluding diaryl/α,β-unsaturated/α-hetero) is 2. The standard InChI is InChI=1S/C18H18O5/c1-18(22)6-2-3-10-12(18)5-4-11-14(10)16(21)15(20)13-9(7-19)8-23-17(11)13/h4-5,9,19,22H,2-3,6-8H2,1H3/t9?,18-/m0/s1. The number of rotatable bonds is 1. The molecule has 0 saturated carbocycles. The zero-order valence-corrected chi connectivity index (χ0v) is 12.9. The van der Waals surface area contributed by atoms with E-state index in [4.69, 9.17) is 4.74 Å². The van der Waals surface area contributed by atoms with Gasteiger partial charge in [-0.25, -0.2) is 0 Å². The Labute approximate surface area is 133 Å². The van der Waals surface area contributed by atoms with Gasteiger partial charge in [0.15, 0.2) is 0 Å². The summed E-state index contributed by atoms with van der Waals surface area (Å²) in [6.07, 6.45) is 2.07. The van der Waals surface area contributed by atoms with Gasteiger partial charge in [-0.1, -0.05) is 12.1 Å². The lowest BCUT2D eigenvalue weighted by atomic mass is 9.73. The third-order valence-corrected chi connectivity index (χ3v) is 5.21. The number of fused-ring (bicyclic) bond motifs is 4. The quantitative estimate of drug-likeness (QED) is 0.764. The number of aliphatic hydroxyl groups is 2. The van der Waals surface area contributed by atoms with Crippen molar-refractivity contribution in [2.45, 2.75) is 31.8 Å². The van der Waals surface area contributed by atoms with Crippen LogP contribution < -0.4 is 0 Å². The first-order chi connectivity index (χ1) is 11.0. The summed E-state index contributed by atoms with van der Waals surface area (Å²) in [5, 5.41) is 20.0. The van der Waals surface area contributed by atoms with Crippen LogP contribution in [0.15, 0.2) is 17.7 Å². The van der Waals surface area contributed by atoms with Crippen LogP contribution >= 0.6 is 0 Å². The SMILES string of the molecule is C[C@]1(O)CCCc2c1ccc1c2C(=O)C(=O)C2=C1OCC2CO.